The number of anilines is 1. The predicted molar refractivity (Wildman–Crippen MR) is 62.3 cm³/mol. The summed E-state index contributed by atoms with van der Waals surface area (Å²) in [6.45, 7) is 5.99. The lowest BCUT2D eigenvalue weighted by Crippen LogP contribution is -2.08. The highest BCUT2D eigenvalue weighted by Gasteiger charge is 2.12. The van der Waals surface area contributed by atoms with Gasteiger partial charge in [0.2, 0.25) is 0 Å². The standard InChI is InChI=1S/C12H15N3O/c1-8-7-11(10(3)16-8)9(2)14-12-5-4-6-13-15-12/h4-7,9H,1-3H3,(H,14,15). The Morgan fingerprint density at radius 2 is 2.19 bits per heavy atom. The number of hydrogen-bond acceptors (Lipinski definition) is 4. The Morgan fingerprint density at radius 1 is 1.38 bits per heavy atom. The number of nitrogens with zero attached hydrogens (tertiary/aromatic N) is 2. The van der Waals surface area contributed by atoms with Crippen molar-refractivity contribution >= 4 is 5.82 Å². The fraction of sp³-hybridized carbons (Fsp3) is 0.333. The molecule has 0 aliphatic heterocycles. The molecular weight excluding hydrogens is 202 g/mol. The van der Waals surface area contributed by atoms with Gasteiger partial charge in [-0.3, -0.25) is 0 Å². The van der Waals surface area contributed by atoms with Crippen LogP contribution in [0.4, 0.5) is 5.82 Å². The molecule has 0 radical (unpaired) electrons. The van der Waals surface area contributed by atoms with Gasteiger partial charge in [-0.1, -0.05) is 0 Å². The molecule has 1 atom stereocenters. The fourth-order valence-corrected chi connectivity index (χ4v) is 1.76. The van der Waals surface area contributed by atoms with Crippen LogP contribution in [0.25, 0.3) is 0 Å². The van der Waals surface area contributed by atoms with E-state index in [1.807, 2.05) is 32.0 Å². The third-order valence-electron chi connectivity index (χ3n) is 2.48. The van der Waals surface area contributed by atoms with Gasteiger partial charge in [0.1, 0.15) is 17.3 Å². The first kappa shape index (κ1) is 10.7. The Balaban J connectivity index is 2.14. The first-order valence-electron chi connectivity index (χ1n) is 5.28. The second-order valence-electron chi connectivity index (χ2n) is 3.84. The molecule has 0 aromatic carbocycles. The zero-order valence-corrected chi connectivity index (χ0v) is 9.69. The Kier molecular flexibility index (Phi) is 2.90. The van der Waals surface area contributed by atoms with Crippen LogP contribution >= 0.6 is 0 Å². The van der Waals surface area contributed by atoms with Crippen LogP contribution in [-0.4, -0.2) is 10.2 Å². The van der Waals surface area contributed by atoms with E-state index in [1.54, 1.807) is 6.20 Å². The normalized spacial score (nSPS) is 12.4. The number of rotatable bonds is 3. The van der Waals surface area contributed by atoms with Crippen molar-refractivity contribution in [3.63, 3.8) is 0 Å². The van der Waals surface area contributed by atoms with Gasteiger partial charge in [0.05, 0.1) is 6.04 Å². The van der Waals surface area contributed by atoms with Gasteiger partial charge in [0.25, 0.3) is 0 Å². The van der Waals surface area contributed by atoms with Gasteiger partial charge in [0, 0.05) is 11.8 Å². The van der Waals surface area contributed by atoms with Gasteiger partial charge in [-0.25, -0.2) is 0 Å². The number of aryl methyl sites for hydroxylation is 2. The first-order valence-corrected chi connectivity index (χ1v) is 5.28. The summed E-state index contributed by atoms with van der Waals surface area (Å²) in [6, 6.07) is 5.96. The molecule has 0 spiro atoms. The lowest BCUT2D eigenvalue weighted by atomic mass is 10.1. The molecule has 0 aliphatic rings. The maximum Gasteiger partial charge on any atom is 0.149 e. The van der Waals surface area contributed by atoms with Crippen molar-refractivity contribution in [3.8, 4) is 0 Å². The lowest BCUT2D eigenvalue weighted by Gasteiger charge is -2.12. The summed E-state index contributed by atoms with van der Waals surface area (Å²) in [5.74, 6) is 2.65. The number of aromatic nitrogens is 2. The maximum absolute atomic E-state index is 5.50. The van der Waals surface area contributed by atoms with E-state index in [9.17, 15) is 0 Å². The monoisotopic (exact) mass is 217 g/mol. The summed E-state index contributed by atoms with van der Waals surface area (Å²) < 4.78 is 5.50. The van der Waals surface area contributed by atoms with Crippen molar-refractivity contribution in [2.75, 3.05) is 5.32 Å². The summed E-state index contributed by atoms with van der Waals surface area (Å²) in [6.07, 6.45) is 1.66. The molecule has 2 aromatic rings. The Hall–Kier alpha value is -1.84. The fourth-order valence-electron chi connectivity index (χ4n) is 1.76. The highest BCUT2D eigenvalue weighted by molar-refractivity contribution is 5.37. The van der Waals surface area contributed by atoms with Crippen LogP contribution in [-0.2, 0) is 0 Å². The van der Waals surface area contributed by atoms with E-state index in [-0.39, 0.29) is 6.04 Å². The van der Waals surface area contributed by atoms with Gasteiger partial charge in [-0.2, -0.15) is 5.10 Å². The number of hydrogen-bond donors (Lipinski definition) is 1. The third-order valence-corrected chi connectivity index (χ3v) is 2.48. The highest BCUT2D eigenvalue weighted by Crippen LogP contribution is 2.23. The Labute approximate surface area is 94.7 Å². The molecule has 0 saturated carbocycles. The van der Waals surface area contributed by atoms with Crippen LogP contribution in [0.15, 0.2) is 28.8 Å². The van der Waals surface area contributed by atoms with Crippen LogP contribution < -0.4 is 5.32 Å². The molecule has 1 unspecified atom stereocenters. The zero-order valence-electron chi connectivity index (χ0n) is 9.69. The molecule has 0 fully saturated rings. The molecule has 0 bridgehead atoms. The predicted octanol–water partition coefficient (Wildman–Crippen LogP) is 2.86. The molecule has 84 valence electrons. The minimum Gasteiger partial charge on any atom is -0.466 e. The Morgan fingerprint density at radius 3 is 2.75 bits per heavy atom. The van der Waals surface area contributed by atoms with Crippen LogP contribution in [0.2, 0.25) is 0 Å². The third kappa shape index (κ3) is 2.21. The summed E-state index contributed by atoms with van der Waals surface area (Å²) in [5, 5.41) is 11.1. The van der Waals surface area contributed by atoms with E-state index in [0.717, 1.165) is 22.9 Å². The molecular formula is C12H15N3O. The van der Waals surface area contributed by atoms with E-state index in [1.165, 1.54) is 0 Å². The molecule has 4 nitrogen and oxygen atoms in total. The van der Waals surface area contributed by atoms with E-state index in [4.69, 9.17) is 4.42 Å². The number of nitrogens with one attached hydrogen (secondary N) is 1. The van der Waals surface area contributed by atoms with Gasteiger partial charge < -0.3 is 9.73 Å². The van der Waals surface area contributed by atoms with E-state index < -0.39 is 0 Å². The van der Waals surface area contributed by atoms with Crippen LogP contribution in [0.5, 0.6) is 0 Å². The smallest absolute Gasteiger partial charge is 0.149 e. The van der Waals surface area contributed by atoms with Crippen molar-refractivity contribution in [1.29, 1.82) is 0 Å². The topological polar surface area (TPSA) is 51.0 Å². The summed E-state index contributed by atoms with van der Waals surface area (Å²) in [4.78, 5) is 0. The molecule has 2 aromatic heterocycles. The summed E-state index contributed by atoms with van der Waals surface area (Å²) >= 11 is 0. The largest absolute Gasteiger partial charge is 0.466 e. The van der Waals surface area contributed by atoms with Crippen molar-refractivity contribution in [3.05, 3.63) is 41.5 Å². The Bertz CT molecular complexity index is 464. The molecule has 4 heteroatoms. The van der Waals surface area contributed by atoms with E-state index >= 15 is 0 Å². The molecule has 2 rings (SSSR count). The maximum atomic E-state index is 5.50. The van der Waals surface area contributed by atoms with Crippen molar-refractivity contribution < 1.29 is 4.42 Å². The molecule has 0 saturated heterocycles. The van der Waals surface area contributed by atoms with Crippen LogP contribution in [0.3, 0.4) is 0 Å². The summed E-state index contributed by atoms with van der Waals surface area (Å²) in [7, 11) is 0. The molecule has 16 heavy (non-hydrogen) atoms. The van der Waals surface area contributed by atoms with Crippen molar-refractivity contribution in [2.24, 2.45) is 0 Å². The quantitative estimate of drug-likeness (QED) is 0.858. The van der Waals surface area contributed by atoms with Crippen LogP contribution in [0.1, 0.15) is 30.0 Å². The molecule has 1 N–H and O–H groups in total. The first-order chi connectivity index (χ1) is 7.66. The van der Waals surface area contributed by atoms with Crippen molar-refractivity contribution in [2.45, 2.75) is 26.8 Å². The average molecular weight is 217 g/mol. The van der Waals surface area contributed by atoms with Gasteiger partial charge in [-0.15, -0.1) is 5.10 Å². The van der Waals surface area contributed by atoms with Crippen LogP contribution in [0, 0.1) is 13.8 Å². The average Bonchev–Trinajstić information content (AvgIpc) is 2.59. The minimum atomic E-state index is 0.161. The van der Waals surface area contributed by atoms with Crippen molar-refractivity contribution in [1.82, 2.24) is 10.2 Å². The van der Waals surface area contributed by atoms with Gasteiger partial charge in [-0.05, 0) is 39.0 Å². The van der Waals surface area contributed by atoms with Gasteiger partial charge >= 0.3 is 0 Å². The molecule has 0 amide bonds. The van der Waals surface area contributed by atoms with E-state index in [0.29, 0.717) is 0 Å². The highest BCUT2D eigenvalue weighted by atomic mass is 16.3. The zero-order chi connectivity index (χ0) is 11.5. The molecule has 2 heterocycles. The second kappa shape index (κ2) is 4.35. The summed E-state index contributed by atoms with van der Waals surface area (Å²) in [5.41, 5.74) is 1.16. The minimum absolute atomic E-state index is 0.161. The molecule has 0 aliphatic carbocycles. The van der Waals surface area contributed by atoms with E-state index in [2.05, 4.69) is 22.4 Å². The second-order valence-corrected chi connectivity index (χ2v) is 3.84. The number of furan rings is 1. The lowest BCUT2D eigenvalue weighted by molar-refractivity contribution is 0.499. The van der Waals surface area contributed by atoms with Gasteiger partial charge in [0.15, 0.2) is 0 Å². The SMILES string of the molecule is Cc1cc(C(C)Nc2cccnn2)c(C)o1.